The van der Waals surface area contributed by atoms with Gasteiger partial charge in [0, 0.05) is 25.6 Å². The molecule has 1 saturated heterocycles. The molecule has 20 heavy (non-hydrogen) atoms. The number of rotatable bonds is 5. The molecule has 0 aromatic carbocycles. The molecule has 1 N–H and O–H groups in total. The molecule has 1 rings (SSSR count). The highest BCUT2D eigenvalue weighted by Crippen LogP contribution is 2.09. The van der Waals surface area contributed by atoms with Crippen molar-refractivity contribution in [1.82, 2.24) is 15.1 Å². The summed E-state index contributed by atoms with van der Waals surface area (Å²) < 4.78 is 0. The van der Waals surface area contributed by atoms with E-state index in [-0.39, 0.29) is 42.8 Å². The third-order valence-corrected chi connectivity index (χ3v) is 3.04. The molecule has 0 spiro atoms. The topological polar surface area (TPSA) is 69.7 Å². The molecule has 0 aliphatic carbocycles. The highest BCUT2D eigenvalue weighted by atomic mass is 16.2. The summed E-state index contributed by atoms with van der Waals surface area (Å²) in [5.41, 5.74) is 0. The molecule has 0 saturated carbocycles. The van der Waals surface area contributed by atoms with Crippen molar-refractivity contribution in [2.24, 2.45) is 5.92 Å². The predicted octanol–water partition coefficient (Wildman–Crippen LogP) is 0.228. The lowest BCUT2D eigenvalue weighted by Crippen LogP contribution is -2.54. The first-order chi connectivity index (χ1) is 9.29. The standard InChI is InChI=1S/C14H25N3O3/c1-10(2)7-13(19)17-6-5-16(14(20)9-17)8-12(18)15-11(3)4/h10-11H,5-9H2,1-4H3,(H,15,18). The Labute approximate surface area is 120 Å². The fraction of sp³-hybridized carbons (Fsp3) is 0.786. The summed E-state index contributed by atoms with van der Waals surface area (Å²) in [4.78, 5) is 38.6. The van der Waals surface area contributed by atoms with E-state index >= 15 is 0 Å². The molecule has 6 heteroatoms. The maximum absolute atomic E-state index is 12.0. The monoisotopic (exact) mass is 283 g/mol. The van der Waals surface area contributed by atoms with Gasteiger partial charge in [0.05, 0.1) is 13.1 Å². The third-order valence-electron chi connectivity index (χ3n) is 3.04. The van der Waals surface area contributed by atoms with Gasteiger partial charge in [-0.3, -0.25) is 14.4 Å². The van der Waals surface area contributed by atoms with Crippen LogP contribution in [0, 0.1) is 5.92 Å². The molecule has 1 heterocycles. The lowest BCUT2D eigenvalue weighted by atomic mass is 10.1. The van der Waals surface area contributed by atoms with Gasteiger partial charge in [-0.25, -0.2) is 0 Å². The molecule has 0 radical (unpaired) electrons. The summed E-state index contributed by atoms with van der Waals surface area (Å²) in [6.45, 7) is 8.80. The second-order valence-electron chi connectivity index (χ2n) is 5.95. The Bertz CT molecular complexity index is 380. The Morgan fingerprint density at radius 3 is 2.35 bits per heavy atom. The van der Waals surface area contributed by atoms with Crippen molar-refractivity contribution < 1.29 is 14.4 Å². The van der Waals surface area contributed by atoms with E-state index in [2.05, 4.69) is 5.32 Å². The van der Waals surface area contributed by atoms with Crippen LogP contribution in [0.15, 0.2) is 0 Å². The minimum absolute atomic E-state index is 0.0135. The van der Waals surface area contributed by atoms with Crippen molar-refractivity contribution >= 4 is 17.7 Å². The Morgan fingerprint density at radius 2 is 1.85 bits per heavy atom. The number of amides is 3. The molecule has 0 unspecified atom stereocenters. The summed E-state index contributed by atoms with van der Waals surface area (Å²) in [5, 5.41) is 2.76. The summed E-state index contributed by atoms with van der Waals surface area (Å²) in [6.07, 6.45) is 0.459. The number of carbonyl (C=O) groups is 3. The minimum atomic E-state index is -0.160. The molecule has 0 aromatic heterocycles. The van der Waals surface area contributed by atoms with Gasteiger partial charge in [0.1, 0.15) is 0 Å². The molecule has 0 bridgehead atoms. The molecule has 3 amide bonds. The minimum Gasteiger partial charge on any atom is -0.352 e. The van der Waals surface area contributed by atoms with Gasteiger partial charge in [-0.15, -0.1) is 0 Å². The zero-order valence-corrected chi connectivity index (χ0v) is 12.8. The zero-order valence-electron chi connectivity index (χ0n) is 12.8. The zero-order chi connectivity index (χ0) is 15.3. The van der Waals surface area contributed by atoms with Crippen LogP contribution in [0.1, 0.15) is 34.1 Å². The van der Waals surface area contributed by atoms with Crippen LogP contribution in [0.5, 0.6) is 0 Å². The van der Waals surface area contributed by atoms with Crippen molar-refractivity contribution in [2.45, 2.75) is 40.2 Å². The average molecular weight is 283 g/mol. The number of carbonyl (C=O) groups excluding carboxylic acids is 3. The molecule has 0 atom stereocenters. The number of nitrogens with zero attached hydrogens (tertiary/aromatic N) is 2. The maximum Gasteiger partial charge on any atom is 0.242 e. The van der Waals surface area contributed by atoms with Gasteiger partial charge in [-0.2, -0.15) is 0 Å². The van der Waals surface area contributed by atoms with E-state index in [4.69, 9.17) is 0 Å². The average Bonchev–Trinajstić information content (AvgIpc) is 2.29. The largest absolute Gasteiger partial charge is 0.352 e. The van der Waals surface area contributed by atoms with Gasteiger partial charge in [0.2, 0.25) is 17.7 Å². The molecule has 0 aromatic rings. The van der Waals surface area contributed by atoms with E-state index in [1.807, 2.05) is 27.7 Å². The second kappa shape index (κ2) is 7.26. The molecule has 114 valence electrons. The van der Waals surface area contributed by atoms with E-state index in [9.17, 15) is 14.4 Å². The summed E-state index contributed by atoms with van der Waals surface area (Å²) in [7, 11) is 0. The molecule has 1 fully saturated rings. The Balaban J connectivity index is 2.45. The van der Waals surface area contributed by atoms with Crippen molar-refractivity contribution in [3.8, 4) is 0 Å². The SMILES string of the molecule is CC(C)CC(=O)N1CCN(CC(=O)NC(C)C)C(=O)C1. The molecule has 1 aliphatic rings. The van der Waals surface area contributed by atoms with E-state index in [0.717, 1.165) is 0 Å². The van der Waals surface area contributed by atoms with Crippen molar-refractivity contribution in [1.29, 1.82) is 0 Å². The van der Waals surface area contributed by atoms with Crippen LogP contribution >= 0.6 is 0 Å². The first kappa shape index (κ1) is 16.5. The maximum atomic E-state index is 12.0. The van der Waals surface area contributed by atoms with Gasteiger partial charge < -0.3 is 15.1 Å². The molecule has 1 aliphatic heterocycles. The lowest BCUT2D eigenvalue weighted by molar-refractivity contribution is -0.147. The van der Waals surface area contributed by atoms with Crippen molar-refractivity contribution in [3.05, 3.63) is 0 Å². The lowest BCUT2D eigenvalue weighted by Gasteiger charge is -2.34. The van der Waals surface area contributed by atoms with Crippen molar-refractivity contribution in [3.63, 3.8) is 0 Å². The van der Waals surface area contributed by atoms with Crippen LogP contribution in [-0.4, -0.2) is 59.7 Å². The van der Waals surface area contributed by atoms with Crippen LogP contribution in [0.25, 0.3) is 0 Å². The van der Waals surface area contributed by atoms with E-state index in [1.165, 1.54) is 4.90 Å². The van der Waals surface area contributed by atoms with Crippen LogP contribution < -0.4 is 5.32 Å². The van der Waals surface area contributed by atoms with E-state index < -0.39 is 0 Å². The third kappa shape index (κ3) is 5.19. The highest BCUT2D eigenvalue weighted by molar-refractivity contribution is 5.89. The number of nitrogens with one attached hydrogen (secondary N) is 1. The van der Waals surface area contributed by atoms with Crippen molar-refractivity contribution in [2.75, 3.05) is 26.2 Å². The Kier molecular flexibility index (Phi) is 5.98. The van der Waals surface area contributed by atoms with E-state index in [0.29, 0.717) is 19.5 Å². The quantitative estimate of drug-likeness (QED) is 0.785. The number of piperazine rings is 1. The first-order valence-corrected chi connectivity index (χ1v) is 7.14. The normalized spacial score (nSPS) is 16.0. The second-order valence-corrected chi connectivity index (χ2v) is 5.95. The van der Waals surface area contributed by atoms with Crippen LogP contribution in [0.3, 0.4) is 0 Å². The van der Waals surface area contributed by atoms with Gasteiger partial charge in [-0.1, -0.05) is 13.8 Å². The fourth-order valence-electron chi connectivity index (χ4n) is 2.11. The van der Waals surface area contributed by atoms with Gasteiger partial charge in [-0.05, 0) is 19.8 Å². The summed E-state index contributed by atoms with van der Waals surface area (Å²) in [5.74, 6) is -0.0188. The number of hydrogen-bond acceptors (Lipinski definition) is 3. The van der Waals surface area contributed by atoms with Gasteiger partial charge in [0.25, 0.3) is 0 Å². The fourth-order valence-corrected chi connectivity index (χ4v) is 2.11. The Hall–Kier alpha value is -1.59. The first-order valence-electron chi connectivity index (χ1n) is 7.14. The predicted molar refractivity (Wildman–Crippen MR) is 75.9 cm³/mol. The van der Waals surface area contributed by atoms with Crippen LogP contribution in [0.2, 0.25) is 0 Å². The Morgan fingerprint density at radius 1 is 1.20 bits per heavy atom. The summed E-state index contributed by atoms with van der Waals surface area (Å²) in [6, 6.07) is 0.0616. The molecular weight excluding hydrogens is 258 g/mol. The van der Waals surface area contributed by atoms with Gasteiger partial charge >= 0.3 is 0 Å². The van der Waals surface area contributed by atoms with E-state index in [1.54, 1.807) is 4.90 Å². The highest BCUT2D eigenvalue weighted by Gasteiger charge is 2.28. The molecule has 6 nitrogen and oxygen atoms in total. The van der Waals surface area contributed by atoms with Crippen LogP contribution in [-0.2, 0) is 14.4 Å². The smallest absolute Gasteiger partial charge is 0.242 e. The number of hydrogen-bond donors (Lipinski definition) is 1. The van der Waals surface area contributed by atoms with Crippen LogP contribution in [0.4, 0.5) is 0 Å². The van der Waals surface area contributed by atoms with Gasteiger partial charge in [0.15, 0.2) is 0 Å². The summed E-state index contributed by atoms with van der Waals surface area (Å²) >= 11 is 0. The molecular formula is C14H25N3O3.